The Bertz CT molecular complexity index is 413. The van der Waals surface area contributed by atoms with E-state index in [1.807, 2.05) is 24.3 Å². The van der Waals surface area contributed by atoms with Crippen molar-refractivity contribution in [1.29, 1.82) is 0 Å². The lowest BCUT2D eigenvalue weighted by Gasteiger charge is -2.20. The van der Waals surface area contributed by atoms with Gasteiger partial charge in [-0.3, -0.25) is 0 Å². The molecule has 1 aliphatic carbocycles. The van der Waals surface area contributed by atoms with Gasteiger partial charge in [0, 0.05) is 16.3 Å². The Labute approximate surface area is 126 Å². The third-order valence-corrected chi connectivity index (χ3v) is 4.73. The van der Waals surface area contributed by atoms with Crippen LogP contribution >= 0.6 is 28.0 Å². The molecule has 0 aliphatic heterocycles. The zero-order valence-electron chi connectivity index (χ0n) is 10.8. The predicted octanol–water partition coefficient (Wildman–Crippen LogP) is 5.96. The molecule has 0 atom stereocenters. The summed E-state index contributed by atoms with van der Waals surface area (Å²) in [6.07, 6.45) is 7.90. The van der Waals surface area contributed by atoms with Crippen LogP contribution in [-0.4, -0.2) is 5.75 Å². The van der Waals surface area contributed by atoms with Crippen molar-refractivity contribution >= 4 is 34.0 Å². The molecule has 0 radical (unpaired) electrons. The number of halogens is 2. The summed E-state index contributed by atoms with van der Waals surface area (Å²) >= 11 is 4.59. The Hall–Kier alpha value is -0.480. The molecule has 0 spiro atoms. The van der Waals surface area contributed by atoms with Gasteiger partial charge in [-0.05, 0) is 36.5 Å². The van der Waals surface area contributed by atoms with Gasteiger partial charge in [0.15, 0.2) is 0 Å². The highest BCUT2D eigenvalue weighted by Crippen LogP contribution is 2.28. The molecule has 1 aromatic rings. The van der Waals surface area contributed by atoms with Crippen molar-refractivity contribution in [2.45, 2.75) is 32.1 Å². The molecule has 0 saturated heterocycles. The average Bonchev–Trinajstić information content (AvgIpc) is 2.43. The summed E-state index contributed by atoms with van der Waals surface area (Å²) in [4.78, 5) is 0. The first-order valence-electron chi connectivity index (χ1n) is 6.66. The zero-order chi connectivity index (χ0) is 13.5. The van der Waals surface area contributed by atoms with Gasteiger partial charge in [0.25, 0.3) is 6.01 Å². The van der Waals surface area contributed by atoms with Crippen molar-refractivity contribution in [2.75, 3.05) is 5.75 Å². The normalized spacial score (nSPS) is 17.5. The van der Waals surface area contributed by atoms with Crippen molar-refractivity contribution in [2.24, 2.45) is 5.92 Å². The van der Waals surface area contributed by atoms with Gasteiger partial charge < -0.3 is 4.18 Å². The number of benzene rings is 1. The summed E-state index contributed by atoms with van der Waals surface area (Å²) in [6, 6.07) is 6.93. The first-order valence-corrected chi connectivity index (χ1v) is 8.36. The molecule has 1 fully saturated rings. The zero-order valence-corrected chi connectivity index (χ0v) is 13.2. The highest BCUT2D eigenvalue weighted by molar-refractivity contribution is 9.10. The Balaban J connectivity index is 1.74. The molecule has 0 aromatic heterocycles. The summed E-state index contributed by atoms with van der Waals surface area (Å²) < 4.78 is 19.6. The highest BCUT2D eigenvalue weighted by atomic mass is 79.9. The first-order chi connectivity index (χ1) is 9.24. The smallest absolute Gasteiger partial charge is 0.285 e. The molecular weight excluding hydrogens is 327 g/mol. The van der Waals surface area contributed by atoms with Crippen molar-refractivity contribution in [3.63, 3.8) is 0 Å². The van der Waals surface area contributed by atoms with Crippen LogP contribution in [-0.2, 0) is 4.18 Å². The van der Waals surface area contributed by atoms with Crippen LogP contribution in [0.2, 0.25) is 0 Å². The second-order valence-electron chi connectivity index (χ2n) is 4.87. The summed E-state index contributed by atoms with van der Waals surface area (Å²) in [5.41, 5.74) is 0.805. The van der Waals surface area contributed by atoms with E-state index in [2.05, 4.69) is 15.9 Å². The molecule has 1 nitrogen and oxygen atoms in total. The van der Waals surface area contributed by atoms with Crippen LogP contribution in [0.5, 0.6) is 0 Å². The van der Waals surface area contributed by atoms with Gasteiger partial charge in [0.05, 0.1) is 12.0 Å². The van der Waals surface area contributed by atoms with Gasteiger partial charge >= 0.3 is 0 Å². The van der Waals surface area contributed by atoms with Gasteiger partial charge in [-0.1, -0.05) is 47.3 Å². The van der Waals surface area contributed by atoms with E-state index >= 15 is 0 Å². The minimum Gasteiger partial charge on any atom is -0.397 e. The molecule has 4 heteroatoms. The molecule has 2 rings (SSSR count). The van der Waals surface area contributed by atoms with Crippen LogP contribution in [0.1, 0.15) is 37.7 Å². The van der Waals surface area contributed by atoms with E-state index in [1.54, 1.807) is 0 Å². The van der Waals surface area contributed by atoms with Gasteiger partial charge in [-0.25, -0.2) is 0 Å². The summed E-state index contributed by atoms with van der Waals surface area (Å²) in [6.45, 7) is 0. The fraction of sp³-hybridized carbons (Fsp3) is 0.467. The van der Waals surface area contributed by atoms with Gasteiger partial charge in [-0.15, -0.1) is 0 Å². The predicted molar refractivity (Wildman–Crippen MR) is 83.3 cm³/mol. The standard InChI is InChI=1S/C15H18BrFOS/c16-14-8-6-12(7-9-14)10-15(17)18-19-11-13-4-2-1-3-5-13/h6-10,13H,1-5,11H2/b15-10+. The van der Waals surface area contributed by atoms with E-state index in [4.69, 9.17) is 4.18 Å². The van der Waals surface area contributed by atoms with Crippen molar-refractivity contribution in [3.05, 3.63) is 40.3 Å². The molecule has 104 valence electrons. The fourth-order valence-corrected chi connectivity index (χ4v) is 3.27. The van der Waals surface area contributed by atoms with Crippen molar-refractivity contribution in [1.82, 2.24) is 0 Å². The van der Waals surface area contributed by atoms with E-state index in [-0.39, 0.29) is 0 Å². The van der Waals surface area contributed by atoms with Crippen molar-refractivity contribution < 1.29 is 8.57 Å². The van der Waals surface area contributed by atoms with E-state index in [9.17, 15) is 4.39 Å². The monoisotopic (exact) mass is 344 g/mol. The SMILES string of the molecule is F/C(=C\c1ccc(Br)cc1)OSCC1CCCCC1. The third-order valence-electron chi connectivity index (χ3n) is 3.32. The summed E-state index contributed by atoms with van der Waals surface area (Å²) in [5, 5.41) is 0. The lowest BCUT2D eigenvalue weighted by atomic mass is 9.91. The molecule has 0 unspecified atom stereocenters. The Morgan fingerprint density at radius 2 is 1.95 bits per heavy atom. The Morgan fingerprint density at radius 1 is 1.26 bits per heavy atom. The van der Waals surface area contributed by atoms with Crippen LogP contribution in [0.4, 0.5) is 4.39 Å². The van der Waals surface area contributed by atoms with Crippen LogP contribution < -0.4 is 0 Å². The summed E-state index contributed by atoms with van der Waals surface area (Å²) in [7, 11) is 0. The maximum atomic E-state index is 13.5. The molecule has 1 aromatic carbocycles. The van der Waals surface area contributed by atoms with E-state index in [0.29, 0.717) is 5.92 Å². The average molecular weight is 345 g/mol. The maximum absolute atomic E-state index is 13.5. The quantitative estimate of drug-likeness (QED) is 0.481. The first kappa shape index (κ1) is 14.9. The molecule has 0 amide bonds. The molecule has 19 heavy (non-hydrogen) atoms. The number of hydrogen-bond acceptors (Lipinski definition) is 2. The van der Waals surface area contributed by atoms with Crippen LogP contribution in [0.3, 0.4) is 0 Å². The lowest BCUT2D eigenvalue weighted by molar-refractivity contribution is 0.341. The molecule has 0 N–H and O–H groups in total. The Morgan fingerprint density at radius 3 is 2.63 bits per heavy atom. The molecule has 1 saturated carbocycles. The van der Waals surface area contributed by atoms with Crippen LogP contribution in [0.25, 0.3) is 6.08 Å². The van der Waals surface area contributed by atoms with Gasteiger partial charge in [0.2, 0.25) is 0 Å². The largest absolute Gasteiger partial charge is 0.397 e. The summed E-state index contributed by atoms with van der Waals surface area (Å²) in [5.74, 6) is 1.58. The van der Waals surface area contributed by atoms with E-state index in [0.717, 1.165) is 15.8 Å². The van der Waals surface area contributed by atoms with Crippen LogP contribution in [0, 0.1) is 5.92 Å². The maximum Gasteiger partial charge on any atom is 0.285 e. The topological polar surface area (TPSA) is 9.23 Å². The molecule has 0 bridgehead atoms. The van der Waals surface area contributed by atoms with Crippen molar-refractivity contribution in [3.8, 4) is 0 Å². The second kappa shape index (κ2) is 7.95. The minimum absolute atomic E-state index is 0.525. The molecule has 1 aliphatic rings. The number of rotatable bonds is 5. The second-order valence-corrected chi connectivity index (χ2v) is 6.52. The van der Waals surface area contributed by atoms with Gasteiger partial charge in [0.1, 0.15) is 0 Å². The molecule has 0 heterocycles. The minimum atomic E-state index is -0.525. The molecular formula is C15H18BrFOS. The van der Waals surface area contributed by atoms with Gasteiger partial charge in [-0.2, -0.15) is 4.39 Å². The van der Waals surface area contributed by atoms with E-state index in [1.165, 1.54) is 50.2 Å². The van der Waals surface area contributed by atoms with Crippen LogP contribution in [0.15, 0.2) is 34.8 Å². The number of hydrogen-bond donors (Lipinski definition) is 0. The van der Waals surface area contributed by atoms with E-state index < -0.39 is 6.01 Å². The highest BCUT2D eigenvalue weighted by Gasteiger charge is 2.14. The lowest BCUT2D eigenvalue weighted by Crippen LogP contribution is -2.08. The third kappa shape index (κ3) is 5.57. The Kier molecular flexibility index (Phi) is 6.24. The fourth-order valence-electron chi connectivity index (χ4n) is 2.25.